The van der Waals surface area contributed by atoms with E-state index in [0.29, 0.717) is 18.6 Å². The highest BCUT2D eigenvalue weighted by Gasteiger charge is 2.67. The Hall–Kier alpha value is -2.17. The largest absolute Gasteiger partial charge is 0.527 e. The molecule has 1 heterocycles. The quantitative estimate of drug-likeness (QED) is 0.0868. The van der Waals surface area contributed by atoms with Gasteiger partial charge < -0.3 is 9.47 Å². The van der Waals surface area contributed by atoms with Gasteiger partial charge >= 0.3 is 24.7 Å². The lowest BCUT2D eigenvalue weighted by molar-refractivity contribution is -0.530. The van der Waals surface area contributed by atoms with E-state index < -0.39 is 31.3 Å². The molecular weight excluding hydrogens is 631 g/mol. The number of unbranched alkanes of at least 4 members (excludes halogenated alkanes) is 9. The predicted octanol–water partition coefficient (Wildman–Crippen LogP) is 9.79. The van der Waals surface area contributed by atoms with Gasteiger partial charge in [-0.25, -0.2) is 9.47 Å². The maximum atomic E-state index is 13.4. The molecule has 2 rings (SSSR count). The van der Waals surface area contributed by atoms with Crippen molar-refractivity contribution in [2.24, 2.45) is 0 Å². The fraction of sp³-hybridized carbons (Fsp3) is 0.714. The average Bonchev–Trinajstić information content (AvgIpc) is 3.39. The minimum Gasteiger partial charge on any atom is -0.494 e. The molecule has 0 fully saturated rings. The van der Waals surface area contributed by atoms with Crippen molar-refractivity contribution in [3.63, 3.8) is 0 Å². The lowest BCUT2D eigenvalue weighted by Crippen LogP contribution is -2.51. The zero-order valence-corrected chi connectivity index (χ0v) is 25.1. The summed E-state index contributed by atoms with van der Waals surface area (Å²) in [5.74, 6) is 0.595. The number of rotatable bonds is 23. The Kier molecular flexibility index (Phi) is 15.6. The van der Waals surface area contributed by atoms with Crippen molar-refractivity contribution in [3.05, 3.63) is 29.3 Å². The third-order valence-electron chi connectivity index (χ3n) is 6.14. The van der Waals surface area contributed by atoms with Crippen molar-refractivity contribution >= 4 is 11.3 Å². The second-order valence-corrected chi connectivity index (χ2v) is 11.1. The summed E-state index contributed by atoms with van der Waals surface area (Å²) in [6.07, 6.45) is -11.9. The van der Waals surface area contributed by atoms with Crippen LogP contribution >= 0.6 is 11.3 Å². The highest BCUT2D eigenvalue weighted by atomic mass is 32.1. The van der Waals surface area contributed by atoms with Crippen LogP contribution in [0.3, 0.4) is 0 Å². The van der Waals surface area contributed by atoms with Crippen molar-refractivity contribution in [1.82, 2.24) is 10.2 Å². The molecule has 0 atom stereocenters. The first-order chi connectivity index (χ1) is 20.6. The van der Waals surface area contributed by atoms with E-state index in [-0.39, 0.29) is 19.6 Å². The standard InChI is InChI=1S/C28H37F9N2O4S/c1-2-3-4-5-6-7-8-10-13-23-38-39-24(44-23)21-14-16-22(17-15-21)41-19-12-9-11-18-40-20-25(29,30)42-26(31,32)27(33,34)43-28(35,36)37/h14-17H,2-13,18-20H2,1H3. The molecular formula is C28H37F9N2O4S. The fourth-order valence-corrected chi connectivity index (χ4v) is 4.81. The molecule has 0 amide bonds. The van der Waals surface area contributed by atoms with Crippen LogP contribution < -0.4 is 4.74 Å². The van der Waals surface area contributed by atoms with E-state index in [1.807, 2.05) is 16.9 Å². The lowest BCUT2D eigenvalue weighted by atomic mass is 10.1. The molecule has 16 heteroatoms. The second-order valence-electron chi connectivity index (χ2n) is 10.0. The van der Waals surface area contributed by atoms with Crippen LogP contribution in [0.5, 0.6) is 5.75 Å². The Morgan fingerprint density at radius 1 is 0.659 bits per heavy atom. The number of hydrogen-bond donors (Lipinski definition) is 0. The Bertz CT molecular complexity index is 1070. The van der Waals surface area contributed by atoms with Gasteiger partial charge in [0.25, 0.3) is 0 Å². The molecule has 0 bridgehead atoms. The molecule has 0 aliphatic carbocycles. The molecule has 1 aromatic heterocycles. The van der Waals surface area contributed by atoms with Gasteiger partial charge in [0, 0.05) is 18.6 Å². The van der Waals surface area contributed by atoms with Crippen LogP contribution in [0.25, 0.3) is 10.6 Å². The third kappa shape index (κ3) is 14.7. The lowest BCUT2D eigenvalue weighted by Gasteiger charge is -2.29. The molecule has 44 heavy (non-hydrogen) atoms. The highest BCUT2D eigenvalue weighted by Crippen LogP contribution is 2.43. The van der Waals surface area contributed by atoms with Gasteiger partial charge in [0.15, 0.2) is 0 Å². The zero-order chi connectivity index (χ0) is 32.7. The van der Waals surface area contributed by atoms with Crippen molar-refractivity contribution in [3.8, 4) is 16.3 Å². The van der Waals surface area contributed by atoms with Gasteiger partial charge in [0.1, 0.15) is 22.4 Å². The zero-order valence-electron chi connectivity index (χ0n) is 24.3. The Morgan fingerprint density at radius 2 is 1.23 bits per heavy atom. The van der Waals surface area contributed by atoms with Crippen LogP contribution in [0, 0.1) is 0 Å². The number of nitrogens with zero attached hydrogens (tertiary/aromatic N) is 2. The highest BCUT2D eigenvalue weighted by molar-refractivity contribution is 7.14. The van der Waals surface area contributed by atoms with Crippen molar-refractivity contribution in [2.75, 3.05) is 19.8 Å². The minimum atomic E-state index is -6.39. The Balaban J connectivity index is 1.59. The number of alkyl halides is 9. The summed E-state index contributed by atoms with van der Waals surface area (Å²) in [6.45, 7) is 0.223. The second kappa shape index (κ2) is 18.1. The van der Waals surface area contributed by atoms with Crippen LogP contribution in [0.2, 0.25) is 0 Å². The summed E-state index contributed by atoms with van der Waals surface area (Å²) in [5, 5.41) is 10.4. The van der Waals surface area contributed by atoms with Crippen molar-refractivity contribution in [2.45, 2.75) is 109 Å². The van der Waals surface area contributed by atoms with Crippen molar-refractivity contribution < 1.29 is 58.5 Å². The van der Waals surface area contributed by atoms with Gasteiger partial charge in [-0.15, -0.1) is 23.4 Å². The van der Waals surface area contributed by atoms with E-state index in [0.717, 1.165) is 28.4 Å². The molecule has 0 spiro atoms. The van der Waals surface area contributed by atoms with Gasteiger partial charge in [-0.05, 0) is 49.9 Å². The van der Waals surface area contributed by atoms with Gasteiger partial charge in [0.2, 0.25) is 0 Å². The smallest absolute Gasteiger partial charge is 0.494 e. The SMILES string of the molecule is CCCCCCCCCCc1nnc(-c2ccc(OCCCCCOCC(F)(F)OC(F)(F)C(F)(F)OC(F)(F)F)cc2)s1. The Morgan fingerprint density at radius 3 is 1.86 bits per heavy atom. The Labute approximate surface area is 254 Å². The van der Waals surface area contributed by atoms with Crippen LogP contribution in [0.1, 0.15) is 82.6 Å². The van der Waals surface area contributed by atoms with Crippen LogP contribution in [-0.4, -0.2) is 54.7 Å². The molecule has 2 aromatic rings. The molecule has 0 radical (unpaired) electrons. The summed E-state index contributed by atoms with van der Waals surface area (Å²) in [5.41, 5.74) is 0.907. The van der Waals surface area contributed by atoms with E-state index in [1.54, 1.807) is 23.5 Å². The summed E-state index contributed by atoms with van der Waals surface area (Å²) >= 11 is 1.56. The maximum absolute atomic E-state index is 13.4. The van der Waals surface area contributed by atoms with E-state index >= 15 is 0 Å². The minimum absolute atomic E-state index is 0.181. The average molecular weight is 669 g/mol. The van der Waals surface area contributed by atoms with E-state index in [1.165, 1.54) is 44.9 Å². The number of aromatic nitrogens is 2. The number of benzene rings is 1. The first-order valence-electron chi connectivity index (χ1n) is 14.4. The normalized spacial score (nSPS) is 13.0. The van der Waals surface area contributed by atoms with Gasteiger partial charge in [-0.1, -0.05) is 63.2 Å². The molecule has 6 nitrogen and oxygen atoms in total. The summed E-state index contributed by atoms with van der Waals surface area (Å²) in [4.78, 5) is 0. The van der Waals surface area contributed by atoms with Crippen LogP contribution in [0.4, 0.5) is 39.5 Å². The third-order valence-corrected chi connectivity index (χ3v) is 7.18. The van der Waals surface area contributed by atoms with Gasteiger partial charge in [-0.2, -0.15) is 26.3 Å². The molecule has 0 N–H and O–H groups in total. The first kappa shape index (κ1) is 38.0. The van der Waals surface area contributed by atoms with Crippen molar-refractivity contribution in [1.29, 1.82) is 0 Å². The monoisotopic (exact) mass is 668 g/mol. The summed E-state index contributed by atoms with van der Waals surface area (Å²) in [6, 6.07) is 7.28. The van der Waals surface area contributed by atoms with Gasteiger partial charge in [-0.3, -0.25) is 0 Å². The van der Waals surface area contributed by atoms with Crippen LogP contribution in [-0.2, 0) is 20.6 Å². The number of hydrogen-bond acceptors (Lipinski definition) is 7. The number of ether oxygens (including phenoxy) is 4. The van der Waals surface area contributed by atoms with Gasteiger partial charge in [0.05, 0.1) is 6.61 Å². The predicted molar refractivity (Wildman–Crippen MR) is 145 cm³/mol. The summed E-state index contributed by atoms with van der Waals surface area (Å²) in [7, 11) is 0. The molecule has 0 saturated carbocycles. The molecule has 252 valence electrons. The molecule has 0 saturated heterocycles. The van der Waals surface area contributed by atoms with E-state index in [9.17, 15) is 39.5 Å². The molecule has 1 aromatic carbocycles. The fourth-order valence-electron chi connectivity index (χ4n) is 3.92. The topological polar surface area (TPSA) is 62.7 Å². The first-order valence-corrected chi connectivity index (χ1v) is 15.2. The molecule has 0 aliphatic heterocycles. The maximum Gasteiger partial charge on any atom is 0.527 e. The number of halogens is 9. The number of aryl methyl sites for hydroxylation is 1. The molecule has 0 unspecified atom stereocenters. The molecule has 0 aliphatic rings. The summed E-state index contributed by atoms with van der Waals surface area (Å²) < 4.78 is 129. The van der Waals surface area contributed by atoms with E-state index in [2.05, 4.69) is 26.6 Å². The van der Waals surface area contributed by atoms with Crippen LogP contribution in [0.15, 0.2) is 24.3 Å². The van der Waals surface area contributed by atoms with E-state index in [4.69, 9.17) is 4.74 Å².